The first-order valence-corrected chi connectivity index (χ1v) is 5.63. The van der Waals surface area contributed by atoms with Crippen LogP contribution in [0.3, 0.4) is 0 Å². The molecule has 2 heterocycles. The van der Waals surface area contributed by atoms with Crippen LogP contribution in [0.2, 0.25) is 0 Å². The van der Waals surface area contributed by atoms with Gasteiger partial charge in [0.25, 0.3) is 0 Å². The number of aliphatic hydroxyl groups is 1. The van der Waals surface area contributed by atoms with Crippen molar-refractivity contribution in [3.63, 3.8) is 0 Å². The lowest BCUT2D eigenvalue weighted by molar-refractivity contribution is 0.205. The van der Waals surface area contributed by atoms with Gasteiger partial charge in [0.15, 0.2) is 0 Å². The predicted octanol–water partition coefficient (Wildman–Crippen LogP) is 0.783. The summed E-state index contributed by atoms with van der Waals surface area (Å²) in [5, 5.41) is 23.3. The highest BCUT2D eigenvalue weighted by molar-refractivity contribution is 5.82. The van der Waals surface area contributed by atoms with Crippen LogP contribution in [0.5, 0.6) is 0 Å². The molecule has 6 heteroatoms. The predicted molar refractivity (Wildman–Crippen MR) is 65.8 cm³/mol. The molecule has 0 saturated carbocycles. The van der Waals surface area contributed by atoms with Crippen molar-refractivity contribution in [2.75, 3.05) is 0 Å². The monoisotopic (exact) mass is 243 g/mol. The largest absolute Gasteiger partial charge is 0.380 e. The number of nitrogens with zero attached hydrogens (tertiary/aromatic N) is 5. The zero-order valence-electron chi connectivity index (χ0n) is 10.1. The summed E-state index contributed by atoms with van der Waals surface area (Å²) in [5.41, 5.74) is 2.24. The first kappa shape index (κ1) is 10.9. The summed E-state index contributed by atoms with van der Waals surface area (Å²) in [6.45, 7) is 0. The molecule has 0 bridgehead atoms. The molecule has 1 atom stereocenters. The van der Waals surface area contributed by atoms with Crippen LogP contribution < -0.4 is 0 Å². The van der Waals surface area contributed by atoms with Gasteiger partial charge in [0.05, 0.1) is 17.4 Å². The highest BCUT2D eigenvalue weighted by atomic mass is 16.3. The minimum atomic E-state index is -0.823. The lowest BCUT2D eigenvalue weighted by atomic mass is 10.1. The second kappa shape index (κ2) is 3.92. The molecule has 0 saturated heterocycles. The molecule has 0 aliphatic carbocycles. The molecule has 2 aromatic heterocycles. The maximum atomic E-state index is 10.4. The van der Waals surface area contributed by atoms with Gasteiger partial charge in [-0.3, -0.25) is 4.68 Å². The Kier molecular flexibility index (Phi) is 2.38. The van der Waals surface area contributed by atoms with Crippen molar-refractivity contribution in [2.45, 2.75) is 6.10 Å². The number of rotatable bonds is 2. The molecule has 0 aliphatic heterocycles. The van der Waals surface area contributed by atoms with Crippen LogP contribution in [-0.4, -0.2) is 29.9 Å². The third-order valence-electron chi connectivity index (χ3n) is 3.08. The van der Waals surface area contributed by atoms with Crippen LogP contribution in [0.25, 0.3) is 10.9 Å². The molecule has 0 radical (unpaired) electrons. The zero-order valence-corrected chi connectivity index (χ0v) is 10.1. The topological polar surface area (TPSA) is 68.8 Å². The third-order valence-corrected chi connectivity index (χ3v) is 3.08. The van der Waals surface area contributed by atoms with Gasteiger partial charge in [-0.15, -0.1) is 5.10 Å². The highest BCUT2D eigenvalue weighted by Crippen LogP contribution is 2.26. The number of para-hydroxylation sites is 1. The quantitative estimate of drug-likeness (QED) is 0.722. The van der Waals surface area contributed by atoms with Crippen LogP contribution >= 0.6 is 0 Å². The van der Waals surface area contributed by atoms with Gasteiger partial charge >= 0.3 is 0 Å². The van der Waals surface area contributed by atoms with Gasteiger partial charge in [-0.25, -0.2) is 4.68 Å². The molecule has 3 rings (SSSR count). The molecular weight excluding hydrogens is 230 g/mol. The van der Waals surface area contributed by atoms with Gasteiger partial charge in [0.1, 0.15) is 11.8 Å². The molecule has 6 nitrogen and oxygen atoms in total. The van der Waals surface area contributed by atoms with Crippen molar-refractivity contribution >= 4 is 10.9 Å². The van der Waals surface area contributed by atoms with Crippen molar-refractivity contribution in [3.05, 3.63) is 41.9 Å². The molecule has 92 valence electrons. The first-order chi connectivity index (χ1) is 8.68. The normalized spacial score (nSPS) is 13.1. The summed E-state index contributed by atoms with van der Waals surface area (Å²) in [5.74, 6) is 0. The van der Waals surface area contributed by atoms with Gasteiger partial charge in [0.2, 0.25) is 0 Å². The smallest absolute Gasteiger partial charge is 0.142 e. The van der Waals surface area contributed by atoms with Crippen molar-refractivity contribution < 1.29 is 5.11 Å². The van der Waals surface area contributed by atoms with Crippen LogP contribution in [0, 0.1) is 0 Å². The summed E-state index contributed by atoms with van der Waals surface area (Å²) in [6, 6.07) is 7.80. The highest BCUT2D eigenvalue weighted by Gasteiger charge is 2.21. The Morgan fingerprint density at radius 3 is 2.67 bits per heavy atom. The third kappa shape index (κ3) is 1.50. The Morgan fingerprint density at radius 2 is 1.94 bits per heavy atom. The summed E-state index contributed by atoms with van der Waals surface area (Å²) < 4.78 is 3.31. The molecule has 0 aliphatic rings. The number of hydrogen-bond donors (Lipinski definition) is 1. The second-order valence-electron chi connectivity index (χ2n) is 4.21. The second-order valence-corrected chi connectivity index (χ2v) is 4.21. The Labute approximate surface area is 103 Å². The number of aromatic nitrogens is 5. The van der Waals surface area contributed by atoms with Gasteiger partial charge < -0.3 is 5.11 Å². The molecule has 0 spiro atoms. The van der Waals surface area contributed by atoms with Gasteiger partial charge in [-0.1, -0.05) is 23.4 Å². The number of fused-ring (bicyclic) bond motifs is 1. The molecular formula is C12H13N5O. The number of aliphatic hydroxyl groups excluding tert-OH is 1. The van der Waals surface area contributed by atoms with E-state index < -0.39 is 6.10 Å². The lowest BCUT2D eigenvalue weighted by Crippen LogP contribution is -2.08. The van der Waals surface area contributed by atoms with E-state index in [0.717, 1.165) is 10.9 Å². The molecule has 18 heavy (non-hydrogen) atoms. The van der Waals surface area contributed by atoms with E-state index >= 15 is 0 Å². The zero-order chi connectivity index (χ0) is 12.7. The van der Waals surface area contributed by atoms with E-state index in [2.05, 4.69) is 15.4 Å². The van der Waals surface area contributed by atoms with E-state index in [1.165, 1.54) is 0 Å². The van der Waals surface area contributed by atoms with Crippen molar-refractivity contribution in [3.8, 4) is 0 Å². The fourth-order valence-corrected chi connectivity index (χ4v) is 2.13. The molecule has 0 amide bonds. The summed E-state index contributed by atoms with van der Waals surface area (Å²) >= 11 is 0. The van der Waals surface area contributed by atoms with Crippen LogP contribution in [-0.2, 0) is 14.1 Å². The molecule has 1 unspecified atom stereocenters. The Hall–Kier alpha value is -2.21. The maximum Gasteiger partial charge on any atom is 0.142 e. The minimum Gasteiger partial charge on any atom is -0.380 e. The van der Waals surface area contributed by atoms with Gasteiger partial charge in [-0.05, 0) is 6.07 Å². The number of hydrogen-bond acceptors (Lipinski definition) is 4. The van der Waals surface area contributed by atoms with E-state index in [1.807, 2.05) is 31.3 Å². The number of benzene rings is 1. The average Bonchev–Trinajstić information content (AvgIpc) is 2.94. The van der Waals surface area contributed by atoms with Crippen LogP contribution in [0.1, 0.15) is 17.5 Å². The molecule has 1 aromatic carbocycles. The summed E-state index contributed by atoms with van der Waals surface area (Å²) in [4.78, 5) is 0. The van der Waals surface area contributed by atoms with Crippen LogP contribution in [0.4, 0.5) is 0 Å². The summed E-state index contributed by atoms with van der Waals surface area (Å²) in [7, 11) is 3.61. The minimum absolute atomic E-state index is 0.624. The van der Waals surface area contributed by atoms with Gasteiger partial charge in [0, 0.05) is 19.5 Å². The van der Waals surface area contributed by atoms with Gasteiger partial charge in [-0.2, -0.15) is 5.10 Å². The van der Waals surface area contributed by atoms with Crippen molar-refractivity contribution in [2.24, 2.45) is 14.1 Å². The molecule has 0 fully saturated rings. The van der Waals surface area contributed by atoms with E-state index in [1.54, 1.807) is 22.6 Å². The Bertz CT molecular complexity index is 699. The van der Waals surface area contributed by atoms with E-state index in [0.29, 0.717) is 11.4 Å². The molecule has 1 N–H and O–H groups in total. The Morgan fingerprint density at radius 1 is 1.17 bits per heavy atom. The first-order valence-electron chi connectivity index (χ1n) is 5.63. The standard InChI is InChI=1S/C12H13N5O/c1-16-9-6-4-3-5-8(9)11(14-16)12(18)10-7-13-15-17(10)2/h3-7,12,18H,1-2H3. The number of aryl methyl sites for hydroxylation is 2. The lowest BCUT2D eigenvalue weighted by Gasteiger charge is -2.07. The summed E-state index contributed by atoms with van der Waals surface area (Å²) in [6.07, 6.45) is 0.727. The molecule has 3 aromatic rings. The fraction of sp³-hybridized carbons (Fsp3) is 0.250. The van der Waals surface area contributed by atoms with Crippen LogP contribution in [0.15, 0.2) is 30.5 Å². The van der Waals surface area contributed by atoms with E-state index in [4.69, 9.17) is 0 Å². The Balaban J connectivity index is 2.18. The SMILES string of the molecule is Cn1nncc1C(O)c1nn(C)c2ccccc12. The van der Waals surface area contributed by atoms with E-state index in [9.17, 15) is 5.11 Å². The van der Waals surface area contributed by atoms with Crippen molar-refractivity contribution in [1.82, 2.24) is 24.8 Å². The fourth-order valence-electron chi connectivity index (χ4n) is 2.13. The van der Waals surface area contributed by atoms with Crippen molar-refractivity contribution in [1.29, 1.82) is 0 Å². The average molecular weight is 243 g/mol. The van der Waals surface area contributed by atoms with E-state index in [-0.39, 0.29) is 0 Å². The maximum absolute atomic E-state index is 10.4.